The number of nitrogens with zero attached hydrogens (tertiary/aromatic N) is 3. The van der Waals surface area contributed by atoms with E-state index in [-0.39, 0.29) is 11.9 Å². The lowest BCUT2D eigenvalue weighted by Gasteiger charge is -2.17. The first kappa shape index (κ1) is 16.8. The molecule has 1 amide bonds. The van der Waals surface area contributed by atoms with Crippen molar-refractivity contribution in [2.75, 3.05) is 12.0 Å². The van der Waals surface area contributed by atoms with E-state index in [4.69, 9.17) is 11.6 Å². The van der Waals surface area contributed by atoms with Crippen LogP contribution in [0.3, 0.4) is 0 Å². The van der Waals surface area contributed by atoms with Crippen LogP contribution in [0.5, 0.6) is 0 Å². The Balaban J connectivity index is 1.89. The summed E-state index contributed by atoms with van der Waals surface area (Å²) in [5.41, 5.74) is 1.22. The molecule has 0 saturated carbocycles. The number of hydrogen-bond acceptors (Lipinski definition) is 4. The second kappa shape index (κ2) is 7.68. The van der Waals surface area contributed by atoms with Crippen LogP contribution in [-0.2, 0) is 0 Å². The van der Waals surface area contributed by atoms with Gasteiger partial charge in [-0.1, -0.05) is 29.8 Å². The zero-order valence-electron chi connectivity index (χ0n) is 13.1. The fraction of sp³-hybridized carbons (Fsp3) is 0.235. The summed E-state index contributed by atoms with van der Waals surface area (Å²) < 4.78 is 1.90. The van der Waals surface area contributed by atoms with E-state index in [1.165, 1.54) is 0 Å². The fourth-order valence-electron chi connectivity index (χ4n) is 2.48. The third-order valence-corrected chi connectivity index (χ3v) is 4.66. The number of hydrogen-bond donors (Lipinski definition) is 1. The summed E-state index contributed by atoms with van der Waals surface area (Å²) in [6, 6.07) is 12.5. The summed E-state index contributed by atoms with van der Waals surface area (Å²) in [4.78, 5) is 12.6. The molecule has 3 rings (SSSR count). The van der Waals surface area contributed by atoms with E-state index in [9.17, 15) is 4.79 Å². The molecule has 0 radical (unpaired) electrons. The molecule has 1 aromatic carbocycles. The van der Waals surface area contributed by atoms with Gasteiger partial charge in [0.05, 0.1) is 16.6 Å². The zero-order chi connectivity index (χ0) is 16.9. The van der Waals surface area contributed by atoms with Crippen molar-refractivity contribution in [2.45, 2.75) is 12.5 Å². The summed E-state index contributed by atoms with van der Waals surface area (Å²) in [5.74, 6) is 1.41. The molecular formula is C17H17ClN4OS. The zero-order valence-corrected chi connectivity index (χ0v) is 14.7. The summed E-state index contributed by atoms with van der Waals surface area (Å²) >= 11 is 7.85. The predicted octanol–water partition coefficient (Wildman–Crippen LogP) is 3.61. The van der Waals surface area contributed by atoms with Gasteiger partial charge in [0.15, 0.2) is 11.5 Å². The Morgan fingerprint density at radius 3 is 2.83 bits per heavy atom. The highest BCUT2D eigenvalue weighted by atomic mass is 35.5. The van der Waals surface area contributed by atoms with Gasteiger partial charge in [-0.25, -0.2) is 0 Å². The van der Waals surface area contributed by atoms with Crippen LogP contribution in [0.25, 0.3) is 5.65 Å². The standard InChI is InChI=1S/C17H17ClN4OS/c1-24-11-9-14(16-21-20-15-8-4-5-10-22(15)16)19-17(23)12-6-2-3-7-13(12)18/h2-8,10,14H,9,11H2,1H3,(H,19,23)/t14-/m1/s1. The number of nitrogens with one attached hydrogen (secondary N) is 1. The molecule has 2 heterocycles. The molecule has 0 aliphatic carbocycles. The highest BCUT2D eigenvalue weighted by Gasteiger charge is 2.21. The van der Waals surface area contributed by atoms with Crippen molar-refractivity contribution in [1.29, 1.82) is 0 Å². The third-order valence-electron chi connectivity index (χ3n) is 3.69. The number of aromatic nitrogens is 3. The lowest BCUT2D eigenvalue weighted by Crippen LogP contribution is -2.30. The molecule has 0 saturated heterocycles. The van der Waals surface area contributed by atoms with Crippen LogP contribution in [0.15, 0.2) is 48.7 Å². The largest absolute Gasteiger partial charge is 0.342 e. The molecule has 0 aliphatic heterocycles. The van der Waals surface area contributed by atoms with Gasteiger partial charge in [-0.05, 0) is 42.7 Å². The Kier molecular flexibility index (Phi) is 5.37. The molecule has 0 unspecified atom stereocenters. The van der Waals surface area contributed by atoms with E-state index < -0.39 is 0 Å². The van der Waals surface area contributed by atoms with Crippen LogP contribution < -0.4 is 5.32 Å². The molecule has 5 nitrogen and oxygen atoms in total. The summed E-state index contributed by atoms with van der Waals surface area (Å²) in [6.45, 7) is 0. The number of carbonyl (C=O) groups is 1. The molecule has 0 aliphatic rings. The SMILES string of the molecule is CSCC[C@@H](NC(=O)c1ccccc1Cl)c1nnc2ccccn12. The molecule has 1 atom stereocenters. The maximum absolute atomic E-state index is 12.6. The number of thioether (sulfide) groups is 1. The van der Waals surface area contributed by atoms with Gasteiger partial charge >= 0.3 is 0 Å². The number of rotatable bonds is 6. The Hall–Kier alpha value is -2.05. The van der Waals surface area contributed by atoms with Gasteiger partial charge < -0.3 is 5.32 Å². The molecule has 2 aromatic heterocycles. The summed E-state index contributed by atoms with van der Waals surface area (Å²) in [7, 11) is 0. The van der Waals surface area contributed by atoms with Gasteiger partial charge in [0.25, 0.3) is 5.91 Å². The number of amides is 1. The first-order valence-electron chi connectivity index (χ1n) is 7.54. The molecule has 24 heavy (non-hydrogen) atoms. The van der Waals surface area contributed by atoms with Gasteiger partial charge in [-0.15, -0.1) is 10.2 Å². The van der Waals surface area contributed by atoms with Gasteiger partial charge in [-0.2, -0.15) is 11.8 Å². The van der Waals surface area contributed by atoms with E-state index in [1.54, 1.807) is 36.0 Å². The molecular weight excluding hydrogens is 344 g/mol. The molecule has 124 valence electrons. The van der Waals surface area contributed by atoms with E-state index in [1.807, 2.05) is 35.1 Å². The van der Waals surface area contributed by atoms with E-state index >= 15 is 0 Å². The van der Waals surface area contributed by atoms with Crippen LogP contribution in [0.4, 0.5) is 0 Å². The van der Waals surface area contributed by atoms with Crippen molar-refractivity contribution in [3.05, 3.63) is 65.1 Å². The predicted molar refractivity (Wildman–Crippen MR) is 97.6 cm³/mol. The van der Waals surface area contributed by atoms with Gasteiger partial charge in [0.1, 0.15) is 0 Å². The van der Waals surface area contributed by atoms with E-state index in [2.05, 4.69) is 15.5 Å². The normalized spacial score (nSPS) is 12.2. The van der Waals surface area contributed by atoms with Crippen molar-refractivity contribution in [3.8, 4) is 0 Å². The minimum absolute atomic E-state index is 0.209. The number of halogens is 1. The van der Waals surface area contributed by atoms with Crippen molar-refractivity contribution in [2.24, 2.45) is 0 Å². The molecule has 0 spiro atoms. The second-order valence-electron chi connectivity index (χ2n) is 5.27. The average Bonchev–Trinajstić information content (AvgIpc) is 3.03. The van der Waals surface area contributed by atoms with E-state index in [0.29, 0.717) is 10.6 Å². The van der Waals surface area contributed by atoms with Crippen molar-refractivity contribution >= 4 is 34.9 Å². The first-order valence-corrected chi connectivity index (χ1v) is 9.32. The maximum Gasteiger partial charge on any atom is 0.253 e. The molecule has 7 heteroatoms. The van der Waals surface area contributed by atoms with Crippen LogP contribution >= 0.6 is 23.4 Å². The van der Waals surface area contributed by atoms with Gasteiger partial charge in [0.2, 0.25) is 0 Å². The average molecular weight is 361 g/mol. The number of fused-ring (bicyclic) bond motifs is 1. The van der Waals surface area contributed by atoms with Crippen LogP contribution in [0.2, 0.25) is 5.02 Å². The highest BCUT2D eigenvalue weighted by molar-refractivity contribution is 7.98. The molecule has 3 aromatic rings. The van der Waals surface area contributed by atoms with Crippen molar-refractivity contribution in [3.63, 3.8) is 0 Å². The minimum atomic E-state index is -0.237. The quantitative estimate of drug-likeness (QED) is 0.729. The Morgan fingerprint density at radius 2 is 2.04 bits per heavy atom. The molecule has 1 N–H and O–H groups in total. The fourth-order valence-corrected chi connectivity index (χ4v) is 3.17. The van der Waals surface area contributed by atoms with Gasteiger partial charge in [-0.3, -0.25) is 9.20 Å². The number of pyridine rings is 1. The topological polar surface area (TPSA) is 59.3 Å². The first-order chi connectivity index (χ1) is 11.7. The number of carbonyl (C=O) groups excluding carboxylic acids is 1. The van der Waals surface area contributed by atoms with Crippen LogP contribution in [-0.4, -0.2) is 32.5 Å². The summed E-state index contributed by atoms with van der Waals surface area (Å²) in [6.07, 6.45) is 4.69. The lowest BCUT2D eigenvalue weighted by atomic mass is 10.1. The van der Waals surface area contributed by atoms with Crippen molar-refractivity contribution < 1.29 is 4.79 Å². The number of benzene rings is 1. The molecule has 0 bridgehead atoms. The lowest BCUT2D eigenvalue weighted by molar-refractivity contribution is 0.0934. The Bertz CT molecular complexity index is 851. The summed E-state index contributed by atoms with van der Waals surface area (Å²) in [5, 5.41) is 11.9. The van der Waals surface area contributed by atoms with Gasteiger partial charge in [0, 0.05) is 6.20 Å². The third kappa shape index (κ3) is 3.55. The van der Waals surface area contributed by atoms with Crippen LogP contribution in [0, 0.1) is 0 Å². The Labute approximate surface area is 149 Å². The van der Waals surface area contributed by atoms with E-state index in [0.717, 1.165) is 23.6 Å². The molecule has 0 fully saturated rings. The maximum atomic E-state index is 12.6. The monoisotopic (exact) mass is 360 g/mol. The minimum Gasteiger partial charge on any atom is -0.342 e. The van der Waals surface area contributed by atoms with Crippen LogP contribution in [0.1, 0.15) is 28.6 Å². The smallest absolute Gasteiger partial charge is 0.253 e. The second-order valence-corrected chi connectivity index (χ2v) is 6.67. The Morgan fingerprint density at radius 1 is 1.25 bits per heavy atom. The van der Waals surface area contributed by atoms with Crippen molar-refractivity contribution in [1.82, 2.24) is 19.9 Å². The highest BCUT2D eigenvalue weighted by Crippen LogP contribution is 2.21.